The number of carbonyl (C=O) groups excluding carboxylic acids is 1. The highest BCUT2D eigenvalue weighted by molar-refractivity contribution is 5.90. The second-order valence-corrected chi connectivity index (χ2v) is 6.13. The first-order valence-corrected chi connectivity index (χ1v) is 8.36. The van der Waals surface area contributed by atoms with Gasteiger partial charge in [0.25, 0.3) is 5.91 Å². The minimum absolute atomic E-state index is 0.152. The van der Waals surface area contributed by atoms with E-state index in [1.807, 2.05) is 67.6 Å². The number of amides is 1. The molecule has 0 spiro atoms. The lowest BCUT2D eigenvalue weighted by molar-refractivity contribution is 0.0715. The van der Waals surface area contributed by atoms with E-state index in [1.54, 1.807) is 23.0 Å². The first-order valence-electron chi connectivity index (χ1n) is 8.36. The molecule has 130 valence electrons. The fourth-order valence-electron chi connectivity index (χ4n) is 2.80. The van der Waals surface area contributed by atoms with Gasteiger partial charge in [-0.1, -0.05) is 36.4 Å². The predicted molar refractivity (Wildman–Crippen MR) is 98.1 cm³/mol. The van der Waals surface area contributed by atoms with E-state index < -0.39 is 0 Å². The molecular formula is C20H18N4O2. The summed E-state index contributed by atoms with van der Waals surface area (Å²) < 4.78 is 7.46. The van der Waals surface area contributed by atoms with Crippen molar-refractivity contribution in [3.63, 3.8) is 0 Å². The summed E-state index contributed by atoms with van der Waals surface area (Å²) in [5, 5.41) is 5.32. The van der Waals surface area contributed by atoms with Crippen LogP contribution in [0.5, 0.6) is 0 Å². The van der Waals surface area contributed by atoms with Crippen molar-refractivity contribution < 1.29 is 9.21 Å². The molecule has 0 bridgehead atoms. The van der Waals surface area contributed by atoms with Crippen LogP contribution in [0.3, 0.4) is 0 Å². The molecule has 2 aromatic heterocycles. The van der Waals surface area contributed by atoms with Gasteiger partial charge in [0, 0.05) is 12.4 Å². The summed E-state index contributed by atoms with van der Waals surface area (Å²) >= 11 is 0. The van der Waals surface area contributed by atoms with Gasteiger partial charge in [-0.15, -0.1) is 5.10 Å². The van der Waals surface area contributed by atoms with E-state index in [2.05, 4.69) is 10.1 Å². The minimum atomic E-state index is -0.257. The van der Waals surface area contributed by atoms with Crippen LogP contribution in [-0.2, 0) is 0 Å². The number of hydrogen-bond acceptors (Lipinski definition) is 4. The Labute approximate surface area is 150 Å². The first-order chi connectivity index (χ1) is 12.6. The van der Waals surface area contributed by atoms with Crippen LogP contribution in [0.25, 0.3) is 16.7 Å². The van der Waals surface area contributed by atoms with E-state index >= 15 is 0 Å². The Hall–Kier alpha value is -3.41. The molecule has 2 heterocycles. The zero-order valence-electron chi connectivity index (χ0n) is 14.5. The lowest BCUT2D eigenvalue weighted by atomic mass is 10.2. The van der Waals surface area contributed by atoms with Crippen molar-refractivity contribution in [2.45, 2.75) is 13.0 Å². The summed E-state index contributed by atoms with van der Waals surface area (Å²) in [4.78, 5) is 18.5. The van der Waals surface area contributed by atoms with Crippen LogP contribution in [0.2, 0.25) is 0 Å². The summed E-state index contributed by atoms with van der Waals surface area (Å²) in [6, 6.07) is 19.1. The predicted octanol–water partition coefficient (Wildman–Crippen LogP) is 3.85. The maximum Gasteiger partial charge on any atom is 0.293 e. The van der Waals surface area contributed by atoms with Crippen LogP contribution in [0.15, 0.2) is 71.4 Å². The Balaban J connectivity index is 1.56. The van der Waals surface area contributed by atoms with Crippen LogP contribution in [0.4, 0.5) is 0 Å². The van der Waals surface area contributed by atoms with Crippen molar-refractivity contribution >= 4 is 16.9 Å². The third-order valence-corrected chi connectivity index (χ3v) is 4.46. The van der Waals surface area contributed by atoms with E-state index in [0.29, 0.717) is 0 Å². The molecule has 0 aliphatic heterocycles. The Bertz CT molecular complexity index is 1020. The molecule has 26 heavy (non-hydrogen) atoms. The number of carbonyl (C=O) groups is 1. The van der Waals surface area contributed by atoms with E-state index in [-0.39, 0.29) is 17.8 Å². The number of benzene rings is 2. The molecule has 2 aromatic carbocycles. The molecule has 6 nitrogen and oxygen atoms in total. The molecule has 0 aliphatic rings. The molecule has 4 rings (SSSR count). The number of fused-ring (bicyclic) bond motifs is 1. The SMILES string of the molecule is CC(c1cc2ccccc2o1)N(C)C(=O)c1ncn(-c2ccccc2)n1. The normalized spacial score (nSPS) is 12.2. The lowest BCUT2D eigenvalue weighted by Gasteiger charge is -2.21. The Morgan fingerprint density at radius 2 is 1.85 bits per heavy atom. The standard InChI is InChI=1S/C20H18N4O2/c1-14(18-12-15-8-6-7-11-17(15)26-18)23(2)20(25)19-21-13-24(22-19)16-9-4-3-5-10-16/h3-14H,1-2H3. The molecule has 1 atom stereocenters. The van der Waals surface area contributed by atoms with Gasteiger partial charge in [-0.3, -0.25) is 4.79 Å². The summed E-state index contributed by atoms with van der Waals surface area (Å²) in [7, 11) is 1.73. The molecule has 0 fully saturated rings. The lowest BCUT2D eigenvalue weighted by Crippen LogP contribution is -2.30. The number of aromatic nitrogens is 3. The molecule has 0 saturated carbocycles. The van der Waals surface area contributed by atoms with Gasteiger partial charge in [-0.05, 0) is 31.2 Å². The van der Waals surface area contributed by atoms with Gasteiger partial charge in [0.1, 0.15) is 17.7 Å². The van der Waals surface area contributed by atoms with Gasteiger partial charge >= 0.3 is 0 Å². The number of hydrogen-bond donors (Lipinski definition) is 0. The smallest absolute Gasteiger partial charge is 0.293 e. The summed E-state index contributed by atoms with van der Waals surface area (Å²) in [5.41, 5.74) is 1.66. The Kier molecular flexibility index (Phi) is 4.01. The monoisotopic (exact) mass is 346 g/mol. The topological polar surface area (TPSA) is 64.2 Å². The number of rotatable bonds is 4. The van der Waals surface area contributed by atoms with Crippen LogP contribution in [0, 0.1) is 0 Å². The zero-order valence-corrected chi connectivity index (χ0v) is 14.5. The van der Waals surface area contributed by atoms with E-state index in [4.69, 9.17) is 4.42 Å². The van der Waals surface area contributed by atoms with Gasteiger partial charge in [-0.25, -0.2) is 9.67 Å². The third kappa shape index (κ3) is 2.86. The molecule has 0 N–H and O–H groups in total. The highest BCUT2D eigenvalue weighted by atomic mass is 16.3. The molecule has 1 unspecified atom stereocenters. The number of nitrogens with zero attached hydrogens (tertiary/aromatic N) is 4. The maximum atomic E-state index is 12.8. The van der Waals surface area contributed by atoms with Crippen molar-refractivity contribution in [2.75, 3.05) is 7.05 Å². The Morgan fingerprint density at radius 3 is 2.62 bits per heavy atom. The quantitative estimate of drug-likeness (QED) is 0.563. The molecule has 0 saturated heterocycles. The van der Waals surface area contributed by atoms with Crippen LogP contribution in [0.1, 0.15) is 29.3 Å². The Morgan fingerprint density at radius 1 is 1.12 bits per heavy atom. The second-order valence-electron chi connectivity index (χ2n) is 6.13. The molecule has 6 heteroatoms. The molecule has 0 radical (unpaired) electrons. The molecule has 1 amide bonds. The second kappa shape index (κ2) is 6.48. The molecule has 0 aliphatic carbocycles. The van der Waals surface area contributed by atoms with Crippen molar-refractivity contribution in [3.05, 3.63) is 78.6 Å². The minimum Gasteiger partial charge on any atom is -0.459 e. The summed E-state index contributed by atoms with van der Waals surface area (Å²) in [5.74, 6) is 0.622. The fourth-order valence-corrected chi connectivity index (χ4v) is 2.80. The van der Waals surface area contributed by atoms with E-state index in [0.717, 1.165) is 22.4 Å². The molecule has 4 aromatic rings. The van der Waals surface area contributed by atoms with Crippen LogP contribution in [-0.4, -0.2) is 32.6 Å². The summed E-state index contributed by atoms with van der Waals surface area (Å²) in [6.45, 7) is 1.92. The van der Waals surface area contributed by atoms with Crippen molar-refractivity contribution in [2.24, 2.45) is 0 Å². The van der Waals surface area contributed by atoms with Gasteiger partial charge in [0.2, 0.25) is 5.82 Å². The van der Waals surface area contributed by atoms with Crippen molar-refractivity contribution in [1.29, 1.82) is 0 Å². The molecular weight excluding hydrogens is 328 g/mol. The maximum absolute atomic E-state index is 12.8. The largest absolute Gasteiger partial charge is 0.459 e. The van der Waals surface area contributed by atoms with Crippen molar-refractivity contribution in [3.8, 4) is 5.69 Å². The average Bonchev–Trinajstić information content (AvgIpc) is 3.34. The van der Waals surface area contributed by atoms with Crippen LogP contribution < -0.4 is 0 Å². The first kappa shape index (κ1) is 16.1. The van der Waals surface area contributed by atoms with Gasteiger partial charge in [0.15, 0.2) is 0 Å². The van der Waals surface area contributed by atoms with Crippen LogP contribution >= 0.6 is 0 Å². The van der Waals surface area contributed by atoms with Gasteiger partial charge in [-0.2, -0.15) is 0 Å². The fraction of sp³-hybridized carbons (Fsp3) is 0.150. The van der Waals surface area contributed by atoms with E-state index in [9.17, 15) is 4.79 Å². The third-order valence-electron chi connectivity index (χ3n) is 4.46. The number of furan rings is 1. The summed E-state index contributed by atoms with van der Waals surface area (Å²) in [6.07, 6.45) is 1.54. The number of para-hydroxylation sites is 2. The highest BCUT2D eigenvalue weighted by Crippen LogP contribution is 2.27. The van der Waals surface area contributed by atoms with Gasteiger partial charge < -0.3 is 9.32 Å². The average molecular weight is 346 g/mol. The highest BCUT2D eigenvalue weighted by Gasteiger charge is 2.24. The zero-order chi connectivity index (χ0) is 18.1. The van der Waals surface area contributed by atoms with E-state index in [1.165, 1.54) is 0 Å². The van der Waals surface area contributed by atoms with Crippen molar-refractivity contribution in [1.82, 2.24) is 19.7 Å². The van der Waals surface area contributed by atoms with Gasteiger partial charge in [0.05, 0.1) is 11.7 Å².